The first-order chi connectivity index (χ1) is 13.4. The zero-order valence-corrected chi connectivity index (χ0v) is 23.7. The number of hydrogen-bond donors (Lipinski definition) is 0. The predicted molar refractivity (Wildman–Crippen MR) is 142 cm³/mol. The second kappa shape index (κ2) is 19.4. The first-order valence-corrected chi connectivity index (χ1v) is 12.3. The average molecular weight is 449 g/mol. The van der Waals surface area contributed by atoms with Crippen LogP contribution >= 0.6 is 0 Å². The molecule has 0 rings (SSSR count). The van der Waals surface area contributed by atoms with Gasteiger partial charge in [0.2, 0.25) is 0 Å². The van der Waals surface area contributed by atoms with Gasteiger partial charge in [-0.3, -0.25) is 0 Å². The summed E-state index contributed by atoms with van der Waals surface area (Å²) >= 11 is 0. The summed E-state index contributed by atoms with van der Waals surface area (Å²) in [5, 5.41) is 0. The third kappa shape index (κ3) is 40.7. The zero-order chi connectivity index (χ0) is 24.6. The molecule has 0 aliphatic carbocycles. The molecule has 0 bridgehead atoms. The second-order valence-corrected chi connectivity index (χ2v) is 11.8. The van der Waals surface area contributed by atoms with E-state index in [1.807, 2.05) is 0 Å². The highest BCUT2D eigenvalue weighted by atomic mass is 16.5. The fourth-order valence-electron chi connectivity index (χ4n) is 1.53. The van der Waals surface area contributed by atoms with Gasteiger partial charge in [-0.2, -0.15) is 0 Å². The lowest BCUT2D eigenvalue weighted by molar-refractivity contribution is -0.0201. The Balaban J connectivity index is -0.000000174. The lowest BCUT2D eigenvalue weighted by atomic mass is 10.1. The van der Waals surface area contributed by atoms with Crippen LogP contribution in [0.2, 0.25) is 0 Å². The Morgan fingerprint density at radius 1 is 0.452 bits per heavy atom. The monoisotopic (exact) mass is 448 g/mol. The number of ether oxygens (including phenoxy) is 3. The molecule has 0 saturated carbocycles. The minimum atomic E-state index is 0. The Morgan fingerprint density at radius 2 is 0.613 bits per heavy atom. The van der Waals surface area contributed by atoms with Crippen LogP contribution in [0.25, 0.3) is 0 Å². The zero-order valence-electron chi connectivity index (χ0n) is 23.7. The molecule has 0 spiro atoms. The molecule has 0 aromatic heterocycles. The number of rotatable bonds is 9. The van der Waals surface area contributed by atoms with E-state index >= 15 is 0 Å². The molecule has 3 nitrogen and oxygen atoms in total. The largest absolute Gasteiger partial charge is 0.376 e. The molecule has 1 unspecified atom stereocenters. The summed E-state index contributed by atoms with van der Waals surface area (Å²) in [5.41, 5.74) is 0.0935. The summed E-state index contributed by atoms with van der Waals surface area (Å²) in [6.45, 7) is 34.7. The van der Waals surface area contributed by atoms with Gasteiger partial charge in [0.25, 0.3) is 0 Å². The predicted octanol–water partition coefficient (Wildman–Crippen LogP) is 9.18. The van der Waals surface area contributed by atoms with Crippen LogP contribution in [0.5, 0.6) is 0 Å². The van der Waals surface area contributed by atoms with Gasteiger partial charge in [0.15, 0.2) is 0 Å². The van der Waals surface area contributed by atoms with E-state index < -0.39 is 0 Å². The van der Waals surface area contributed by atoms with Crippen LogP contribution in [0, 0.1) is 17.8 Å². The quantitative estimate of drug-likeness (QED) is 0.352. The lowest BCUT2D eigenvalue weighted by Crippen LogP contribution is -2.22. The van der Waals surface area contributed by atoms with Crippen LogP contribution in [-0.4, -0.2) is 36.6 Å². The molecule has 0 aromatic carbocycles. The van der Waals surface area contributed by atoms with E-state index in [0.717, 1.165) is 19.8 Å². The maximum absolute atomic E-state index is 5.58. The van der Waals surface area contributed by atoms with Crippen molar-refractivity contribution in [3.05, 3.63) is 0 Å². The van der Waals surface area contributed by atoms with Gasteiger partial charge in [-0.25, -0.2) is 0 Å². The first kappa shape index (κ1) is 38.2. The van der Waals surface area contributed by atoms with Crippen molar-refractivity contribution in [2.75, 3.05) is 19.8 Å². The summed E-state index contributed by atoms with van der Waals surface area (Å²) in [6.07, 6.45) is 3.61. The van der Waals surface area contributed by atoms with Crippen molar-refractivity contribution in [2.24, 2.45) is 17.8 Å². The maximum Gasteiger partial charge on any atom is 0.0598 e. The fourth-order valence-corrected chi connectivity index (χ4v) is 1.53. The average Bonchev–Trinajstić information content (AvgIpc) is 2.61. The van der Waals surface area contributed by atoms with Gasteiger partial charge in [-0.15, -0.1) is 0 Å². The normalized spacial score (nSPS) is 14.8. The van der Waals surface area contributed by atoms with E-state index in [1.54, 1.807) is 0 Å². The smallest absolute Gasteiger partial charge is 0.0598 e. The summed E-state index contributed by atoms with van der Waals surface area (Å²) in [5.74, 6) is 2.08. The minimum absolute atomic E-state index is 0. The molecule has 0 saturated heterocycles. The Bertz CT molecular complexity index is 301. The van der Waals surface area contributed by atoms with Crippen molar-refractivity contribution in [2.45, 2.75) is 147 Å². The van der Waals surface area contributed by atoms with Gasteiger partial charge in [0.1, 0.15) is 0 Å². The third-order valence-corrected chi connectivity index (χ3v) is 4.49. The standard InChI is InChI=1S/3C9H20O.CH4/c3*1-6-8(2)7-10-9(3,4)5;/h3*8H,6-7H2,1-5H3;1H4/t2*8-;;/m10../s1. The Morgan fingerprint density at radius 3 is 0.710 bits per heavy atom. The van der Waals surface area contributed by atoms with Crippen LogP contribution < -0.4 is 0 Å². The van der Waals surface area contributed by atoms with Gasteiger partial charge in [0.05, 0.1) is 16.8 Å². The van der Waals surface area contributed by atoms with E-state index in [1.165, 1.54) is 19.3 Å². The van der Waals surface area contributed by atoms with E-state index in [4.69, 9.17) is 14.2 Å². The molecule has 0 amide bonds. The minimum Gasteiger partial charge on any atom is -0.376 e. The Kier molecular flexibility index (Phi) is 23.8. The molecule has 0 aromatic rings. The molecular formula is C28H64O3. The molecule has 0 fully saturated rings. The molecule has 0 aliphatic rings. The highest BCUT2D eigenvalue weighted by Gasteiger charge is 2.12. The molecule has 0 radical (unpaired) electrons. The van der Waals surface area contributed by atoms with Crippen LogP contribution in [0.4, 0.5) is 0 Å². The number of hydrogen-bond acceptors (Lipinski definition) is 3. The van der Waals surface area contributed by atoms with Gasteiger partial charge in [-0.1, -0.05) is 68.2 Å². The highest BCUT2D eigenvalue weighted by molar-refractivity contribution is 4.61. The molecular weight excluding hydrogens is 384 g/mol. The molecule has 3 atom stereocenters. The van der Waals surface area contributed by atoms with Crippen molar-refractivity contribution < 1.29 is 14.2 Å². The van der Waals surface area contributed by atoms with Gasteiger partial charge >= 0.3 is 0 Å². The SMILES string of the molecule is C.CCC(C)COC(C)(C)C.CC[C@@H](C)COC(C)(C)C.CC[C@H](C)COC(C)(C)C. The van der Waals surface area contributed by atoms with Crippen molar-refractivity contribution in [1.82, 2.24) is 0 Å². The first-order valence-electron chi connectivity index (χ1n) is 12.3. The maximum atomic E-state index is 5.58. The topological polar surface area (TPSA) is 27.7 Å². The third-order valence-electron chi connectivity index (χ3n) is 4.49. The Hall–Kier alpha value is -0.120. The van der Waals surface area contributed by atoms with Crippen LogP contribution in [-0.2, 0) is 14.2 Å². The van der Waals surface area contributed by atoms with Crippen molar-refractivity contribution in [3.63, 3.8) is 0 Å². The molecule has 0 aliphatic heterocycles. The molecule has 194 valence electrons. The molecule has 3 heteroatoms. The second-order valence-electron chi connectivity index (χ2n) is 11.8. The molecule has 31 heavy (non-hydrogen) atoms. The molecule has 0 heterocycles. The van der Waals surface area contributed by atoms with E-state index in [0.29, 0.717) is 17.8 Å². The van der Waals surface area contributed by atoms with Crippen LogP contribution in [0.3, 0.4) is 0 Å². The van der Waals surface area contributed by atoms with E-state index in [9.17, 15) is 0 Å². The van der Waals surface area contributed by atoms with Gasteiger partial charge in [-0.05, 0) is 80.1 Å². The van der Waals surface area contributed by atoms with Gasteiger partial charge < -0.3 is 14.2 Å². The molecule has 0 N–H and O–H groups in total. The van der Waals surface area contributed by atoms with Crippen LogP contribution in [0.15, 0.2) is 0 Å². The van der Waals surface area contributed by atoms with Crippen molar-refractivity contribution >= 4 is 0 Å². The van der Waals surface area contributed by atoms with E-state index in [-0.39, 0.29) is 24.2 Å². The van der Waals surface area contributed by atoms with E-state index in [2.05, 4.69) is 104 Å². The highest BCUT2D eigenvalue weighted by Crippen LogP contribution is 2.12. The van der Waals surface area contributed by atoms with Crippen LogP contribution in [0.1, 0.15) is 131 Å². The van der Waals surface area contributed by atoms with Crippen molar-refractivity contribution in [1.29, 1.82) is 0 Å². The summed E-state index contributed by atoms with van der Waals surface area (Å²) in [4.78, 5) is 0. The summed E-state index contributed by atoms with van der Waals surface area (Å²) < 4.78 is 16.7. The summed E-state index contributed by atoms with van der Waals surface area (Å²) in [7, 11) is 0. The van der Waals surface area contributed by atoms with Gasteiger partial charge in [0, 0.05) is 19.8 Å². The lowest BCUT2D eigenvalue weighted by Gasteiger charge is -2.21. The van der Waals surface area contributed by atoms with Crippen molar-refractivity contribution in [3.8, 4) is 0 Å². The fraction of sp³-hybridized carbons (Fsp3) is 1.00. The Labute approximate surface area is 199 Å². The summed E-state index contributed by atoms with van der Waals surface area (Å²) in [6, 6.07) is 0.